The minimum absolute atomic E-state index is 0.0111. The zero-order valence-corrected chi connectivity index (χ0v) is 49.7. The predicted molar refractivity (Wildman–Crippen MR) is 297 cm³/mol. The number of aldehydes is 1. The highest BCUT2D eigenvalue weighted by Crippen LogP contribution is 2.75. The number of ether oxygens (including phenoxy) is 6. The number of amides is 1. The van der Waals surface area contributed by atoms with E-state index in [-0.39, 0.29) is 53.6 Å². The van der Waals surface area contributed by atoms with E-state index in [0.717, 1.165) is 28.3 Å². The fraction of sp³-hybridized carbons (Fsp3) is 0.800. The van der Waals surface area contributed by atoms with Gasteiger partial charge in [0.2, 0.25) is 12.2 Å². The molecule has 3 aliphatic heterocycles. The van der Waals surface area contributed by atoms with Gasteiger partial charge in [-0.05, 0) is 152 Å². The van der Waals surface area contributed by atoms with Crippen molar-refractivity contribution in [2.75, 3.05) is 13.2 Å². The number of aliphatic hydroxyl groups excluding tert-OH is 9. The van der Waals surface area contributed by atoms with Crippen LogP contribution in [0.4, 0.5) is 0 Å². The largest absolute Gasteiger partial charge is 0.432 e. The number of aliphatic hydroxyl groups is 9. The van der Waals surface area contributed by atoms with Crippen molar-refractivity contribution in [1.29, 1.82) is 0 Å². The van der Waals surface area contributed by atoms with Crippen LogP contribution < -0.4 is 5.32 Å². The molecule has 21 heteroatoms. The summed E-state index contributed by atoms with van der Waals surface area (Å²) in [6.07, 6.45) is -12.3. The van der Waals surface area contributed by atoms with Gasteiger partial charge in [0.15, 0.2) is 24.5 Å². The van der Waals surface area contributed by atoms with E-state index >= 15 is 4.79 Å². The van der Waals surface area contributed by atoms with Gasteiger partial charge in [-0.2, -0.15) is 0 Å². The summed E-state index contributed by atoms with van der Waals surface area (Å²) < 4.78 is 37.4. The molecule has 0 radical (unpaired) electrons. The fourth-order valence-corrected chi connectivity index (χ4v) is 17.0. The van der Waals surface area contributed by atoms with Crippen molar-refractivity contribution in [2.24, 2.45) is 50.7 Å². The van der Waals surface area contributed by atoms with Crippen molar-refractivity contribution < 1.29 is 93.6 Å². The average molecular weight is 1250 g/mol. The number of benzene rings is 1. The number of Topliss-reactive ketones (excluding diaryl/α,β-unsaturated/α-hetero) is 1. The number of esters is 1. The monoisotopic (exact) mass is 1250 g/mol. The van der Waals surface area contributed by atoms with Gasteiger partial charge < -0.3 is 84.5 Å². The lowest BCUT2D eigenvalue weighted by atomic mass is 9.33. The van der Waals surface area contributed by atoms with Crippen LogP contribution in [0.5, 0.6) is 0 Å². The van der Waals surface area contributed by atoms with E-state index in [1.165, 1.54) is 6.92 Å². The van der Waals surface area contributed by atoms with E-state index in [1.54, 1.807) is 12.1 Å². The second kappa shape index (κ2) is 24.6. The molecule has 5 aliphatic carbocycles. The van der Waals surface area contributed by atoms with Gasteiger partial charge in [-0.3, -0.25) is 14.4 Å². The number of hydrogen-bond donors (Lipinski definition) is 10. The van der Waals surface area contributed by atoms with Crippen molar-refractivity contribution >= 4 is 46.5 Å². The van der Waals surface area contributed by atoms with Crippen molar-refractivity contribution in [1.82, 2.24) is 5.32 Å². The molecule has 4 saturated carbocycles. The highest BCUT2D eigenvalue weighted by atomic mass is 127. The molecule has 12 unspecified atom stereocenters. The first-order valence-electron chi connectivity index (χ1n) is 29.5. The maximum atomic E-state index is 15.6. The van der Waals surface area contributed by atoms with E-state index in [2.05, 4.69) is 61.7 Å². The first kappa shape index (κ1) is 62.9. The first-order chi connectivity index (χ1) is 38.3. The van der Waals surface area contributed by atoms with Crippen LogP contribution >= 0.6 is 22.6 Å². The lowest BCUT2D eigenvalue weighted by Gasteiger charge is -2.71. The van der Waals surface area contributed by atoms with Crippen LogP contribution in [0.1, 0.15) is 148 Å². The predicted octanol–water partition coefficient (Wildman–Crippen LogP) is 3.52. The molecule has 25 atom stereocenters. The average Bonchev–Trinajstić information content (AvgIpc) is 1.07. The Morgan fingerprint density at radius 1 is 0.753 bits per heavy atom. The highest BCUT2D eigenvalue weighted by Gasteiger charge is 2.72. The maximum absolute atomic E-state index is 15.6. The fourth-order valence-electron chi connectivity index (χ4n) is 16.6. The van der Waals surface area contributed by atoms with E-state index in [4.69, 9.17) is 28.4 Å². The summed E-state index contributed by atoms with van der Waals surface area (Å²) in [5, 5.41) is 104. The lowest BCUT2D eigenvalue weighted by Crippen LogP contribution is -2.69. The van der Waals surface area contributed by atoms with Gasteiger partial charge in [0.05, 0.1) is 43.0 Å². The Bertz CT molecular complexity index is 2450. The zero-order chi connectivity index (χ0) is 58.7. The third-order valence-electron chi connectivity index (χ3n) is 21.7. The van der Waals surface area contributed by atoms with Crippen LogP contribution in [0.25, 0.3) is 0 Å². The number of carbonyl (C=O) groups is 4. The number of allylic oxidation sites excluding steroid dienone is 2. The minimum atomic E-state index is -1.95. The molecule has 454 valence electrons. The molecule has 3 saturated heterocycles. The number of carbonyl (C=O) groups excluding carboxylic acids is 4. The standard InChI is InChI=1S/C60H88INO19/c1-30-19-24-60(35(25-30)34-17-18-40-56(3)22-21-41(67)57(4,29-64)39(56)20-23-58(40,5)59(34,6)26-42(60)68)55(75)81-54-51(80-53-49(74)47(72)50(31(2)77-53)79-52-48(73)45(70)37(66)28-76-52)46(71)44(38(27-63)78-54)62-43(69)12-10-8-7-9-11-36(65)32-13-15-33(61)16-14-32/h13-17,29-31,35,37-42,44-54,63,66-68,70-74H,7-12,18-28H2,1-6H3,(H,62,69)/t30-,31?,35?,37-,38?,39-,40?,41+,42?,44+,45?,46?,47?,48?,49?,50+,51?,52+,53+,54+,56?,57-,58+,59-,60-/m1/s1. The Hall–Kier alpha value is -2.59. The number of ketones is 1. The number of halogens is 1. The van der Waals surface area contributed by atoms with Crippen molar-refractivity contribution in [2.45, 2.75) is 236 Å². The number of fused-ring (bicyclic) bond motifs is 7. The third-order valence-corrected chi connectivity index (χ3v) is 22.4. The zero-order valence-electron chi connectivity index (χ0n) is 47.5. The summed E-state index contributed by atoms with van der Waals surface area (Å²) >= 11 is 2.18. The molecule has 0 spiro atoms. The van der Waals surface area contributed by atoms with Crippen LogP contribution in [0.3, 0.4) is 0 Å². The lowest BCUT2D eigenvalue weighted by molar-refractivity contribution is -0.370. The Labute approximate surface area is 488 Å². The number of rotatable bonds is 17. The Balaban J connectivity index is 0.953. The van der Waals surface area contributed by atoms with Crippen LogP contribution in [0.15, 0.2) is 35.9 Å². The SMILES string of the molecule is CC1O[C@@H](OC2C(O)[C@@H](NC(=O)CCCCCCC(=O)c3ccc(I)cc3)C(CO)O[C@H]2OC(=O)[C@]23CC[C@@H](C)CC2C2=CCC4C5(C)CC[C@H](O)[C@](C)(C=O)[C@@H]5CC[C@]4(C)[C@]2(C)CC3O)C(O)C(O)[C@H]1O[C@@H]1OC[C@@H](O)C(O)C1O. The molecule has 1 aromatic rings. The van der Waals surface area contributed by atoms with Crippen molar-refractivity contribution in [3.63, 3.8) is 0 Å². The van der Waals surface area contributed by atoms with E-state index in [0.29, 0.717) is 69.8 Å². The molecule has 9 rings (SSSR count). The molecule has 3 heterocycles. The maximum Gasteiger partial charge on any atom is 0.317 e. The van der Waals surface area contributed by atoms with E-state index in [9.17, 15) is 60.3 Å². The Morgan fingerprint density at radius 3 is 2.12 bits per heavy atom. The molecular weight excluding hydrogens is 1170 g/mol. The topological polar surface area (TPSA) is 318 Å². The first-order valence-corrected chi connectivity index (χ1v) is 30.6. The van der Waals surface area contributed by atoms with Crippen LogP contribution in [0.2, 0.25) is 0 Å². The minimum Gasteiger partial charge on any atom is -0.432 e. The third kappa shape index (κ3) is 11.3. The molecule has 0 aromatic heterocycles. The van der Waals surface area contributed by atoms with Crippen LogP contribution in [0, 0.1) is 54.3 Å². The van der Waals surface area contributed by atoms with Crippen molar-refractivity contribution in [3.05, 3.63) is 45.0 Å². The van der Waals surface area contributed by atoms with Gasteiger partial charge in [-0.1, -0.05) is 71.2 Å². The van der Waals surface area contributed by atoms with Gasteiger partial charge in [-0.15, -0.1) is 0 Å². The summed E-state index contributed by atoms with van der Waals surface area (Å²) in [7, 11) is 0. The molecule has 7 fully saturated rings. The summed E-state index contributed by atoms with van der Waals surface area (Å²) in [5.41, 5.74) is -1.93. The van der Waals surface area contributed by atoms with Gasteiger partial charge in [0, 0.05) is 22.0 Å². The summed E-state index contributed by atoms with van der Waals surface area (Å²) in [6.45, 7) is 11.1. The molecule has 0 bridgehead atoms. The van der Waals surface area contributed by atoms with Gasteiger partial charge in [0.1, 0.15) is 60.5 Å². The van der Waals surface area contributed by atoms with Gasteiger partial charge >= 0.3 is 5.97 Å². The van der Waals surface area contributed by atoms with Crippen LogP contribution in [-0.4, -0.2) is 181 Å². The second-order valence-electron chi connectivity index (χ2n) is 26.2. The molecule has 20 nitrogen and oxygen atoms in total. The number of hydrogen-bond acceptors (Lipinski definition) is 19. The molecule has 1 amide bonds. The summed E-state index contributed by atoms with van der Waals surface area (Å²) in [6, 6.07) is 5.98. The normalized spacial score (nSPS) is 46.8. The Kier molecular flexibility index (Phi) is 19.1. The molecule has 1 aromatic carbocycles. The highest BCUT2D eigenvalue weighted by molar-refractivity contribution is 14.1. The summed E-state index contributed by atoms with van der Waals surface area (Å²) in [4.78, 5) is 54.8. The van der Waals surface area contributed by atoms with Gasteiger partial charge in [-0.25, -0.2) is 0 Å². The molecule has 8 aliphatic rings. The second-order valence-corrected chi connectivity index (χ2v) is 27.5. The molecule has 81 heavy (non-hydrogen) atoms. The smallest absolute Gasteiger partial charge is 0.317 e. The number of nitrogens with one attached hydrogen (secondary N) is 1. The summed E-state index contributed by atoms with van der Waals surface area (Å²) in [5.74, 6) is -1.56. The Morgan fingerprint density at radius 2 is 1.43 bits per heavy atom. The van der Waals surface area contributed by atoms with E-state index in [1.807, 2.05) is 19.1 Å². The van der Waals surface area contributed by atoms with Crippen LogP contribution in [-0.2, 0) is 42.8 Å². The molecule has 10 N–H and O–H groups in total. The van der Waals surface area contributed by atoms with E-state index < -0.39 is 145 Å². The quantitative estimate of drug-likeness (QED) is 0.0266. The van der Waals surface area contributed by atoms with Gasteiger partial charge in [0.25, 0.3) is 0 Å². The number of unbranched alkanes of at least 4 members (excludes halogenated alkanes) is 3. The molecular formula is C60H88INO19. The van der Waals surface area contributed by atoms with Crippen molar-refractivity contribution in [3.8, 4) is 0 Å².